The lowest BCUT2D eigenvalue weighted by molar-refractivity contribution is -0.180. The number of allylic oxidation sites excluding steroid dienone is 2. The average Bonchev–Trinajstić information content (AvgIpc) is 3.01. The lowest BCUT2D eigenvalue weighted by Crippen LogP contribution is -2.55. The zero-order chi connectivity index (χ0) is 23.8. The van der Waals surface area contributed by atoms with Crippen LogP contribution in [0.25, 0.3) is 0 Å². The van der Waals surface area contributed by atoms with Gasteiger partial charge in [-0.15, -0.1) is 0 Å². The predicted molar refractivity (Wildman–Crippen MR) is 120 cm³/mol. The van der Waals surface area contributed by atoms with Crippen LogP contribution < -0.4 is 0 Å². The molecule has 0 spiro atoms. The van der Waals surface area contributed by atoms with Gasteiger partial charge in [0.15, 0.2) is 6.10 Å². The highest BCUT2D eigenvalue weighted by Gasteiger charge is 2.60. The van der Waals surface area contributed by atoms with E-state index in [1.807, 2.05) is 0 Å². The van der Waals surface area contributed by atoms with Crippen molar-refractivity contribution in [3.63, 3.8) is 0 Å². The maximum absolute atomic E-state index is 12.2. The number of carbonyl (C=O) groups is 3. The van der Waals surface area contributed by atoms with Crippen LogP contribution in [0.15, 0.2) is 23.3 Å². The smallest absolute Gasteiger partial charge is 0.303 e. The Labute approximate surface area is 191 Å². The molecule has 1 saturated carbocycles. The molecule has 0 unspecified atom stereocenters. The van der Waals surface area contributed by atoms with E-state index >= 15 is 0 Å². The van der Waals surface area contributed by atoms with Crippen molar-refractivity contribution in [2.24, 2.45) is 23.2 Å². The molecule has 1 fully saturated rings. The largest absolute Gasteiger partial charge is 0.458 e. The minimum Gasteiger partial charge on any atom is -0.458 e. The Morgan fingerprint density at radius 3 is 2.22 bits per heavy atom. The first-order valence-corrected chi connectivity index (χ1v) is 11.9. The summed E-state index contributed by atoms with van der Waals surface area (Å²) in [5.74, 6) is -0.565. The molecule has 0 aromatic heterocycles. The third-order valence-corrected chi connectivity index (χ3v) is 7.84. The number of rotatable bonds is 3. The van der Waals surface area contributed by atoms with Crippen LogP contribution in [0.2, 0.25) is 0 Å². The Morgan fingerprint density at radius 2 is 1.62 bits per heavy atom. The molecule has 0 radical (unpaired) electrons. The highest BCUT2D eigenvalue weighted by Crippen LogP contribution is 2.60. The third-order valence-electron chi connectivity index (χ3n) is 7.84. The first-order chi connectivity index (χ1) is 15.0. The first kappa shape index (κ1) is 24.5. The van der Waals surface area contributed by atoms with Gasteiger partial charge in [0.05, 0.1) is 0 Å². The SMILES string of the molecule is C=C1CCC[C@H](C)C[C@H](OC(C)=O)C2=C(C)[C@@H]3[C@H]1CC[C@]3(C)[C@@H](OC(C)=O)[C@@H]2OC(C)=O. The molecule has 178 valence electrons. The standard InChI is InChI=1S/C26H38O6/c1-14-9-8-10-15(2)20-11-12-26(7)23(20)16(3)22(21(13-14)30-17(4)27)24(31-18(5)28)25(26)32-19(6)29/h14,20-21,23-25H,2,8-13H2,1,3-7H3/t14-,20-,21-,23+,24+,25-,26-/m0/s1. The number of carbonyl (C=O) groups excluding carboxylic acids is 3. The Hall–Kier alpha value is -2.11. The molecule has 0 aromatic carbocycles. The van der Waals surface area contributed by atoms with E-state index in [0.29, 0.717) is 12.3 Å². The summed E-state index contributed by atoms with van der Waals surface area (Å²) >= 11 is 0. The van der Waals surface area contributed by atoms with Gasteiger partial charge in [0, 0.05) is 31.8 Å². The highest BCUT2D eigenvalue weighted by atomic mass is 16.6. The molecule has 3 aliphatic carbocycles. The van der Waals surface area contributed by atoms with Gasteiger partial charge in [-0.2, -0.15) is 0 Å². The molecule has 0 heterocycles. The van der Waals surface area contributed by atoms with Gasteiger partial charge in [-0.05, 0) is 56.8 Å². The van der Waals surface area contributed by atoms with Crippen molar-refractivity contribution in [2.45, 2.75) is 98.4 Å². The Bertz CT molecular complexity index is 826. The lowest BCUT2D eigenvalue weighted by Gasteiger charge is -2.50. The summed E-state index contributed by atoms with van der Waals surface area (Å²) in [6, 6.07) is 0. The number of hydrogen-bond donors (Lipinski definition) is 0. The molecule has 3 rings (SSSR count). The van der Waals surface area contributed by atoms with Crippen molar-refractivity contribution in [1.29, 1.82) is 0 Å². The molecule has 6 nitrogen and oxygen atoms in total. The predicted octanol–water partition coefficient (Wildman–Crippen LogP) is 4.91. The van der Waals surface area contributed by atoms with E-state index in [9.17, 15) is 14.4 Å². The van der Waals surface area contributed by atoms with Crippen LogP contribution in [-0.4, -0.2) is 36.2 Å². The van der Waals surface area contributed by atoms with E-state index in [-0.39, 0.29) is 17.8 Å². The van der Waals surface area contributed by atoms with Gasteiger partial charge < -0.3 is 14.2 Å². The quantitative estimate of drug-likeness (QED) is 0.348. The van der Waals surface area contributed by atoms with Crippen LogP contribution in [0.4, 0.5) is 0 Å². The van der Waals surface area contributed by atoms with Crippen molar-refractivity contribution >= 4 is 17.9 Å². The molecular weight excluding hydrogens is 408 g/mol. The second-order valence-electron chi connectivity index (χ2n) is 10.3. The molecular formula is C26H38O6. The second kappa shape index (κ2) is 9.40. The van der Waals surface area contributed by atoms with Crippen molar-refractivity contribution in [1.82, 2.24) is 0 Å². The Kier molecular flexibility index (Phi) is 7.21. The van der Waals surface area contributed by atoms with E-state index in [2.05, 4.69) is 27.4 Å². The van der Waals surface area contributed by atoms with Crippen LogP contribution >= 0.6 is 0 Å². The zero-order valence-corrected chi connectivity index (χ0v) is 20.4. The van der Waals surface area contributed by atoms with Crippen LogP contribution in [0.3, 0.4) is 0 Å². The zero-order valence-electron chi connectivity index (χ0n) is 20.4. The molecule has 0 N–H and O–H groups in total. The van der Waals surface area contributed by atoms with Crippen molar-refractivity contribution in [3.05, 3.63) is 23.3 Å². The molecule has 32 heavy (non-hydrogen) atoms. The summed E-state index contributed by atoms with van der Waals surface area (Å²) in [7, 11) is 0. The van der Waals surface area contributed by atoms with Crippen molar-refractivity contribution < 1.29 is 28.6 Å². The second-order valence-corrected chi connectivity index (χ2v) is 10.3. The first-order valence-electron chi connectivity index (χ1n) is 11.9. The van der Waals surface area contributed by atoms with E-state index < -0.39 is 35.7 Å². The van der Waals surface area contributed by atoms with Gasteiger partial charge >= 0.3 is 17.9 Å². The Balaban J connectivity index is 2.25. The van der Waals surface area contributed by atoms with Crippen LogP contribution in [0, 0.1) is 23.2 Å². The van der Waals surface area contributed by atoms with Crippen LogP contribution in [0.1, 0.15) is 80.1 Å². The number of esters is 3. The highest BCUT2D eigenvalue weighted by molar-refractivity contribution is 5.69. The summed E-state index contributed by atoms with van der Waals surface area (Å²) in [6.07, 6.45) is 3.50. The van der Waals surface area contributed by atoms with Gasteiger partial charge in [0.25, 0.3) is 0 Å². The summed E-state index contributed by atoms with van der Waals surface area (Å²) in [6.45, 7) is 15.0. The normalized spacial score (nSPS) is 37.4. The molecule has 2 bridgehead atoms. The fourth-order valence-electron chi connectivity index (χ4n) is 6.62. The number of hydrogen-bond acceptors (Lipinski definition) is 6. The maximum Gasteiger partial charge on any atom is 0.303 e. The van der Waals surface area contributed by atoms with E-state index in [4.69, 9.17) is 14.2 Å². The molecule has 3 aliphatic rings. The number of ether oxygens (including phenoxy) is 3. The molecule has 0 aliphatic heterocycles. The van der Waals surface area contributed by atoms with Gasteiger partial charge in [0.1, 0.15) is 12.2 Å². The average molecular weight is 447 g/mol. The van der Waals surface area contributed by atoms with E-state index in [0.717, 1.165) is 43.3 Å². The van der Waals surface area contributed by atoms with Gasteiger partial charge in [-0.25, -0.2) is 0 Å². The fourth-order valence-corrected chi connectivity index (χ4v) is 6.62. The summed E-state index contributed by atoms with van der Waals surface area (Å²) in [5, 5.41) is 0. The van der Waals surface area contributed by atoms with Crippen LogP contribution in [-0.2, 0) is 28.6 Å². The molecule has 0 saturated heterocycles. The van der Waals surface area contributed by atoms with Gasteiger partial charge in [-0.3, -0.25) is 14.4 Å². The molecule has 6 heteroatoms. The van der Waals surface area contributed by atoms with E-state index in [1.165, 1.54) is 26.3 Å². The summed E-state index contributed by atoms with van der Waals surface area (Å²) < 4.78 is 17.6. The minimum absolute atomic E-state index is 0.0904. The van der Waals surface area contributed by atoms with Crippen molar-refractivity contribution in [2.75, 3.05) is 0 Å². The topological polar surface area (TPSA) is 78.9 Å². The van der Waals surface area contributed by atoms with Crippen molar-refractivity contribution in [3.8, 4) is 0 Å². The Morgan fingerprint density at radius 1 is 1.00 bits per heavy atom. The fraction of sp³-hybridized carbons (Fsp3) is 0.731. The summed E-state index contributed by atoms with van der Waals surface area (Å²) in [5.41, 5.74) is 2.72. The minimum atomic E-state index is -0.776. The summed E-state index contributed by atoms with van der Waals surface area (Å²) in [4.78, 5) is 36.5. The monoisotopic (exact) mass is 446 g/mol. The lowest BCUT2D eigenvalue weighted by atomic mass is 9.60. The molecule has 0 aromatic rings. The maximum atomic E-state index is 12.2. The van der Waals surface area contributed by atoms with Crippen LogP contribution in [0.5, 0.6) is 0 Å². The third kappa shape index (κ3) is 4.65. The van der Waals surface area contributed by atoms with Gasteiger partial charge in [0.2, 0.25) is 0 Å². The molecule has 0 amide bonds. The molecule has 7 atom stereocenters. The van der Waals surface area contributed by atoms with Gasteiger partial charge in [-0.1, -0.05) is 38.0 Å². The van der Waals surface area contributed by atoms with E-state index in [1.54, 1.807) is 0 Å².